The number of carbonyl (C=O) groups is 2. The molecule has 0 aromatic heterocycles. The zero-order valence-electron chi connectivity index (χ0n) is 11.8. The van der Waals surface area contributed by atoms with E-state index in [0.717, 1.165) is 25.3 Å². The lowest BCUT2D eigenvalue weighted by atomic mass is 9.99. The van der Waals surface area contributed by atoms with Gasteiger partial charge in [0.15, 0.2) is 0 Å². The van der Waals surface area contributed by atoms with Crippen LogP contribution in [-0.4, -0.2) is 65.0 Å². The van der Waals surface area contributed by atoms with Crippen LogP contribution in [-0.2, 0) is 4.79 Å². The summed E-state index contributed by atoms with van der Waals surface area (Å²) in [5.41, 5.74) is 0. The molecule has 112 valence electrons. The summed E-state index contributed by atoms with van der Waals surface area (Å²) < 4.78 is 0. The van der Waals surface area contributed by atoms with E-state index in [-0.39, 0.29) is 11.1 Å². The second-order valence-corrected chi connectivity index (χ2v) is 6.96. The highest BCUT2D eigenvalue weighted by atomic mass is 32.2. The number of rotatable bonds is 4. The molecule has 1 N–H and O–H groups in total. The minimum Gasteiger partial charge on any atom is -0.352 e. The van der Waals surface area contributed by atoms with Crippen LogP contribution in [0.5, 0.6) is 0 Å². The Hall–Kier alpha value is -0.750. The van der Waals surface area contributed by atoms with Crippen LogP contribution in [0.3, 0.4) is 0 Å². The van der Waals surface area contributed by atoms with Crippen LogP contribution in [0.15, 0.2) is 0 Å². The number of piperidine rings is 1. The van der Waals surface area contributed by atoms with Gasteiger partial charge in [0.1, 0.15) is 0 Å². The van der Waals surface area contributed by atoms with Crippen LogP contribution in [0.4, 0.5) is 4.79 Å². The fourth-order valence-electron chi connectivity index (χ4n) is 3.56. The van der Waals surface area contributed by atoms with Gasteiger partial charge in [0, 0.05) is 43.9 Å². The zero-order valence-corrected chi connectivity index (χ0v) is 12.7. The van der Waals surface area contributed by atoms with E-state index in [1.54, 1.807) is 4.90 Å². The Morgan fingerprint density at radius 1 is 1.25 bits per heavy atom. The highest BCUT2D eigenvalue weighted by Gasteiger charge is 2.36. The van der Waals surface area contributed by atoms with Gasteiger partial charge in [-0.15, -0.1) is 0 Å². The van der Waals surface area contributed by atoms with Gasteiger partial charge >= 0.3 is 0 Å². The van der Waals surface area contributed by atoms with Gasteiger partial charge in [-0.25, -0.2) is 0 Å². The largest absolute Gasteiger partial charge is 0.352 e. The molecule has 5 nitrogen and oxygen atoms in total. The van der Waals surface area contributed by atoms with Crippen LogP contribution < -0.4 is 5.32 Å². The first-order chi connectivity index (χ1) is 9.74. The summed E-state index contributed by atoms with van der Waals surface area (Å²) in [5.74, 6) is 0.965. The zero-order chi connectivity index (χ0) is 13.9. The highest BCUT2D eigenvalue weighted by Crippen LogP contribution is 2.27. The summed E-state index contributed by atoms with van der Waals surface area (Å²) >= 11 is 1.35. The van der Waals surface area contributed by atoms with E-state index in [1.807, 2.05) is 0 Å². The highest BCUT2D eigenvalue weighted by molar-refractivity contribution is 8.13. The second kappa shape index (κ2) is 6.35. The lowest BCUT2D eigenvalue weighted by molar-refractivity contribution is -0.122. The van der Waals surface area contributed by atoms with Crippen molar-refractivity contribution in [3.8, 4) is 0 Å². The molecule has 0 aromatic carbocycles. The molecular formula is C14H23N3O2S. The number of carbonyl (C=O) groups excluding carboxylic acids is 2. The molecule has 3 heterocycles. The molecule has 3 fully saturated rings. The van der Waals surface area contributed by atoms with Crippen molar-refractivity contribution in [3.63, 3.8) is 0 Å². The van der Waals surface area contributed by atoms with Gasteiger partial charge < -0.3 is 10.2 Å². The Balaban J connectivity index is 1.43. The summed E-state index contributed by atoms with van der Waals surface area (Å²) in [6, 6.07) is 0.878. The second-order valence-electron chi connectivity index (χ2n) is 5.91. The predicted octanol–water partition coefficient (Wildman–Crippen LogP) is 1.29. The first kappa shape index (κ1) is 14.2. The maximum Gasteiger partial charge on any atom is 0.281 e. The quantitative estimate of drug-likeness (QED) is 0.849. The fraction of sp³-hybridized carbons (Fsp3) is 0.857. The molecule has 2 atom stereocenters. The van der Waals surface area contributed by atoms with Gasteiger partial charge in [-0.2, -0.15) is 0 Å². The van der Waals surface area contributed by atoms with E-state index in [1.165, 1.54) is 37.6 Å². The van der Waals surface area contributed by atoms with Gasteiger partial charge in [0.2, 0.25) is 5.91 Å². The van der Waals surface area contributed by atoms with E-state index in [9.17, 15) is 9.59 Å². The van der Waals surface area contributed by atoms with E-state index >= 15 is 0 Å². The molecule has 0 aromatic rings. The maximum atomic E-state index is 12.1. The number of hydrogen-bond donors (Lipinski definition) is 1. The Kier molecular flexibility index (Phi) is 4.51. The maximum absolute atomic E-state index is 12.1. The Labute approximate surface area is 124 Å². The molecule has 0 aliphatic carbocycles. The average Bonchev–Trinajstić information content (AvgIpc) is 3.04. The minimum atomic E-state index is 0.104. The summed E-state index contributed by atoms with van der Waals surface area (Å²) in [5, 5.41) is 3.31. The van der Waals surface area contributed by atoms with E-state index in [4.69, 9.17) is 0 Å². The Bertz CT molecular complexity index is 391. The number of hydrogen-bond acceptors (Lipinski definition) is 4. The van der Waals surface area contributed by atoms with Gasteiger partial charge in [-0.3, -0.25) is 14.5 Å². The molecule has 3 aliphatic heterocycles. The summed E-state index contributed by atoms with van der Waals surface area (Å²) in [6.07, 6.45) is 5.32. The van der Waals surface area contributed by atoms with Crippen LogP contribution in [0.1, 0.15) is 32.1 Å². The average molecular weight is 297 g/mol. The summed E-state index contributed by atoms with van der Waals surface area (Å²) in [7, 11) is 0. The third-order valence-corrected chi connectivity index (χ3v) is 5.55. The molecule has 0 spiro atoms. The van der Waals surface area contributed by atoms with Crippen molar-refractivity contribution in [1.82, 2.24) is 15.1 Å². The van der Waals surface area contributed by atoms with E-state index in [2.05, 4.69) is 10.2 Å². The summed E-state index contributed by atoms with van der Waals surface area (Å²) in [6.45, 7) is 3.67. The Morgan fingerprint density at radius 2 is 2.15 bits per heavy atom. The molecule has 20 heavy (non-hydrogen) atoms. The molecule has 0 unspecified atom stereocenters. The normalized spacial score (nSPS) is 30.6. The van der Waals surface area contributed by atoms with Crippen LogP contribution in [0, 0.1) is 0 Å². The van der Waals surface area contributed by atoms with Crippen molar-refractivity contribution < 1.29 is 9.59 Å². The number of amides is 2. The third-order valence-electron chi connectivity index (χ3n) is 4.66. The van der Waals surface area contributed by atoms with Gasteiger partial charge in [0.05, 0.1) is 0 Å². The molecule has 0 bridgehead atoms. The molecule has 3 rings (SSSR count). The van der Waals surface area contributed by atoms with Crippen molar-refractivity contribution in [2.24, 2.45) is 0 Å². The van der Waals surface area contributed by atoms with Crippen LogP contribution in [0.2, 0.25) is 0 Å². The third kappa shape index (κ3) is 3.11. The summed E-state index contributed by atoms with van der Waals surface area (Å²) in [4.78, 5) is 27.8. The molecule has 6 heteroatoms. The molecule has 0 saturated carbocycles. The number of nitrogens with zero attached hydrogens (tertiary/aromatic N) is 2. The molecule has 3 aliphatic rings. The lowest BCUT2D eigenvalue weighted by Gasteiger charge is -2.32. The van der Waals surface area contributed by atoms with E-state index < -0.39 is 0 Å². The SMILES string of the molecule is O=C(CCN1CCSC1=O)N[C@H]1CCN2CCCC[C@H]12. The first-order valence-corrected chi connectivity index (χ1v) is 8.68. The molecule has 3 saturated heterocycles. The van der Waals surface area contributed by atoms with E-state index in [0.29, 0.717) is 25.0 Å². The number of fused-ring (bicyclic) bond motifs is 1. The smallest absolute Gasteiger partial charge is 0.281 e. The molecule has 2 amide bonds. The minimum absolute atomic E-state index is 0.104. The standard InChI is InChI=1S/C14H23N3O2S/c18-13(5-8-17-9-10-20-14(17)19)15-11-4-7-16-6-2-1-3-12(11)16/h11-12H,1-10H2,(H,15,18)/t11-,12+/m0/s1. The Morgan fingerprint density at radius 3 is 2.95 bits per heavy atom. The van der Waals surface area contributed by atoms with Gasteiger partial charge in [-0.05, 0) is 25.8 Å². The molecular weight excluding hydrogens is 274 g/mol. The number of nitrogens with one attached hydrogen (secondary N) is 1. The monoisotopic (exact) mass is 297 g/mol. The van der Waals surface area contributed by atoms with Crippen LogP contribution in [0.25, 0.3) is 0 Å². The topological polar surface area (TPSA) is 52.7 Å². The molecule has 0 radical (unpaired) electrons. The van der Waals surface area contributed by atoms with Crippen molar-refractivity contribution >= 4 is 22.9 Å². The van der Waals surface area contributed by atoms with Crippen molar-refractivity contribution in [3.05, 3.63) is 0 Å². The van der Waals surface area contributed by atoms with Gasteiger partial charge in [0.25, 0.3) is 5.24 Å². The predicted molar refractivity (Wildman–Crippen MR) is 79.8 cm³/mol. The van der Waals surface area contributed by atoms with Gasteiger partial charge in [-0.1, -0.05) is 18.2 Å². The van der Waals surface area contributed by atoms with Crippen LogP contribution >= 0.6 is 11.8 Å². The lowest BCUT2D eigenvalue weighted by Crippen LogP contribution is -2.47. The fourth-order valence-corrected chi connectivity index (χ4v) is 4.41. The first-order valence-electron chi connectivity index (χ1n) is 7.69. The van der Waals surface area contributed by atoms with Crippen molar-refractivity contribution in [2.75, 3.05) is 31.9 Å². The van der Waals surface area contributed by atoms with Crippen molar-refractivity contribution in [2.45, 2.75) is 44.2 Å². The van der Waals surface area contributed by atoms with Crippen molar-refractivity contribution in [1.29, 1.82) is 0 Å². The number of thioether (sulfide) groups is 1.